The van der Waals surface area contributed by atoms with E-state index in [1.165, 1.54) is 42.7 Å². The van der Waals surface area contributed by atoms with Crippen LogP contribution in [0.1, 0.15) is 53.1 Å². The van der Waals surface area contributed by atoms with Crippen LogP contribution in [0.5, 0.6) is 5.75 Å². The van der Waals surface area contributed by atoms with Crippen LogP contribution in [0.4, 0.5) is 4.39 Å². The van der Waals surface area contributed by atoms with E-state index in [0.29, 0.717) is 36.8 Å². The molecule has 0 spiro atoms. The zero-order valence-corrected chi connectivity index (χ0v) is 21.9. The van der Waals surface area contributed by atoms with E-state index >= 15 is 0 Å². The highest BCUT2D eigenvalue weighted by molar-refractivity contribution is 6.34. The van der Waals surface area contributed by atoms with E-state index in [9.17, 15) is 33.8 Å². The Morgan fingerprint density at radius 2 is 1.79 bits per heavy atom. The van der Waals surface area contributed by atoms with Crippen LogP contribution < -0.4 is 10.9 Å². The lowest BCUT2D eigenvalue weighted by Crippen LogP contribution is -2.54. The highest BCUT2D eigenvalue weighted by Crippen LogP contribution is 2.51. The number of amides is 3. The Labute approximate surface area is 218 Å². The Kier molecular flexibility index (Phi) is 7.04. The predicted octanol–water partition coefficient (Wildman–Crippen LogP) is 0.635. The number of aromatic nitrogens is 2. The Bertz CT molecular complexity index is 1360. The summed E-state index contributed by atoms with van der Waals surface area (Å²) >= 11 is 0. The topological polar surface area (TPSA) is 145 Å². The number of halogens is 1. The van der Waals surface area contributed by atoms with Gasteiger partial charge in [-0.15, -0.1) is 0 Å². The third-order valence-electron chi connectivity index (χ3n) is 7.95. The zero-order valence-electron chi connectivity index (χ0n) is 21.9. The first-order valence-corrected chi connectivity index (χ1v) is 12.3. The van der Waals surface area contributed by atoms with Gasteiger partial charge in [-0.05, 0) is 49.8 Å². The summed E-state index contributed by atoms with van der Waals surface area (Å²) in [6.45, 7) is 1.41. The molecule has 1 aromatic heterocycles. The number of carbonyl (C=O) groups is 3. The minimum absolute atomic E-state index is 0.00597. The van der Waals surface area contributed by atoms with Crippen LogP contribution in [-0.2, 0) is 28.2 Å². The van der Waals surface area contributed by atoms with E-state index in [4.69, 9.17) is 0 Å². The van der Waals surface area contributed by atoms with Gasteiger partial charge in [-0.25, -0.2) is 9.37 Å². The van der Waals surface area contributed by atoms with Crippen LogP contribution in [0.3, 0.4) is 0 Å². The van der Waals surface area contributed by atoms with Crippen LogP contribution in [0, 0.1) is 18.2 Å². The molecule has 2 bridgehead atoms. The van der Waals surface area contributed by atoms with Gasteiger partial charge in [0.15, 0.2) is 5.69 Å². The molecule has 1 saturated carbocycles. The summed E-state index contributed by atoms with van der Waals surface area (Å²) in [4.78, 5) is 59.0. The summed E-state index contributed by atoms with van der Waals surface area (Å²) in [5, 5.41) is 23.5. The van der Waals surface area contributed by atoms with Crippen molar-refractivity contribution in [1.29, 1.82) is 0 Å². The number of aliphatic hydroxyl groups is 1. The number of rotatable bonds is 5. The van der Waals surface area contributed by atoms with Gasteiger partial charge in [-0.1, -0.05) is 12.1 Å². The third kappa shape index (κ3) is 4.42. The number of fused-ring (bicyclic) bond motifs is 2. The highest BCUT2D eigenvalue weighted by Gasteiger charge is 2.54. The van der Waals surface area contributed by atoms with Gasteiger partial charge < -0.3 is 25.3 Å². The number of likely N-dealkylation sites (N-methyl/N-ethyl adjacent to an activating group) is 2. The summed E-state index contributed by atoms with van der Waals surface area (Å²) in [6, 6.07) is 4.35. The molecule has 1 aliphatic carbocycles. The average molecular weight is 530 g/mol. The lowest BCUT2D eigenvalue weighted by atomic mass is 9.68. The van der Waals surface area contributed by atoms with Crippen molar-refractivity contribution in [3.63, 3.8) is 0 Å². The van der Waals surface area contributed by atoms with Crippen molar-refractivity contribution in [2.75, 3.05) is 27.7 Å². The van der Waals surface area contributed by atoms with Crippen molar-refractivity contribution in [3.8, 4) is 5.75 Å². The van der Waals surface area contributed by atoms with Gasteiger partial charge in [0.1, 0.15) is 17.2 Å². The molecular weight excluding hydrogens is 497 g/mol. The lowest BCUT2D eigenvalue weighted by molar-refractivity contribution is -0.155. The van der Waals surface area contributed by atoms with Crippen molar-refractivity contribution < 1.29 is 29.0 Å². The Morgan fingerprint density at radius 1 is 1.13 bits per heavy atom. The molecular formula is C26H32FN5O6. The first-order valence-electron chi connectivity index (χ1n) is 12.3. The molecule has 1 fully saturated rings. The van der Waals surface area contributed by atoms with Crippen LogP contribution in [-0.4, -0.2) is 75.0 Å². The van der Waals surface area contributed by atoms with E-state index < -0.39 is 45.7 Å². The molecule has 1 aromatic carbocycles. The summed E-state index contributed by atoms with van der Waals surface area (Å²) in [7, 11) is 4.37. The standard InChI is InChI=1S/C26H32FN5O6/c1-15-11-16(5-6-17(15)27)12-28-20(35)18-19(34)21(36)32-13-25(14-33)7-9-26(10-8-25,24(32)29-18)31(4)23(38)22(37)30(2)3/h5-6,11,33-34H,7-10,12-14H2,1-4H3,(H,28,35). The quantitative estimate of drug-likeness (QED) is 0.482. The summed E-state index contributed by atoms with van der Waals surface area (Å²) in [6.07, 6.45) is 1.46. The average Bonchev–Trinajstić information content (AvgIpc) is 3.14. The molecule has 0 unspecified atom stereocenters. The first-order chi connectivity index (χ1) is 17.9. The maximum absolute atomic E-state index is 13.6. The van der Waals surface area contributed by atoms with Crippen LogP contribution in [0.15, 0.2) is 23.0 Å². The molecule has 3 aliphatic rings. The number of nitrogens with zero attached hydrogens (tertiary/aromatic N) is 4. The fourth-order valence-electron chi connectivity index (χ4n) is 5.42. The molecule has 3 N–H and O–H groups in total. The Morgan fingerprint density at radius 3 is 2.37 bits per heavy atom. The van der Waals surface area contributed by atoms with Crippen LogP contribution in [0.25, 0.3) is 0 Å². The van der Waals surface area contributed by atoms with E-state index in [0.717, 1.165) is 4.90 Å². The second kappa shape index (κ2) is 9.82. The number of benzene rings is 1. The molecule has 38 heavy (non-hydrogen) atoms. The second-order valence-electron chi connectivity index (χ2n) is 10.5. The van der Waals surface area contributed by atoms with Crippen molar-refractivity contribution in [1.82, 2.24) is 24.7 Å². The molecule has 5 rings (SSSR count). The molecule has 2 aliphatic heterocycles. The minimum atomic E-state index is -1.21. The van der Waals surface area contributed by atoms with Gasteiger partial charge in [0.05, 0.1) is 6.61 Å². The van der Waals surface area contributed by atoms with E-state index in [2.05, 4.69) is 10.3 Å². The lowest BCUT2D eigenvalue weighted by Gasteiger charge is -2.46. The van der Waals surface area contributed by atoms with Crippen LogP contribution >= 0.6 is 0 Å². The smallest absolute Gasteiger partial charge is 0.312 e. The van der Waals surface area contributed by atoms with Crippen molar-refractivity contribution in [3.05, 3.63) is 57.0 Å². The molecule has 12 heteroatoms. The van der Waals surface area contributed by atoms with Gasteiger partial charge >= 0.3 is 11.8 Å². The Balaban J connectivity index is 1.78. The molecule has 0 radical (unpaired) electrons. The SMILES string of the molecule is Cc1cc(CNC(=O)c2nc3n(c(=O)c2O)CC2(CO)CCC3(N(C)C(=O)C(=O)N(C)C)CC2)ccc1F. The molecule has 0 atom stereocenters. The summed E-state index contributed by atoms with van der Waals surface area (Å²) in [5.41, 5.74) is -2.27. The van der Waals surface area contributed by atoms with E-state index in [1.807, 2.05) is 0 Å². The normalized spacial score (nSPS) is 21.8. The zero-order chi connectivity index (χ0) is 28.0. The van der Waals surface area contributed by atoms with Crippen molar-refractivity contribution >= 4 is 17.7 Å². The van der Waals surface area contributed by atoms with E-state index in [1.54, 1.807) is 13.0 Å². The number of aryl methyl sites for hydroxylation is 1. The monoisotopic (exact) mass is 529 g/mol. The van der Waals surface area contributed by atoms with Crippen LogP contribution in [0.2, 0.25) is 0 Å². The number of hydrogen-bond donors (Lipinski definition) is 3. The molecule has 3 amide bonds. The molecule has 0 saturated heterocycles. The number of hydrogen-bond acceptors (Lipinski definition) is 7. The molecule has 2 aromatic rings. The Hall–Kier alpha value is -3.80. The number of aliphatic hydroxyl groups excluding tert-OH is 1. The maximum atomic E-state index is 13.6. The largest absolute Gasteiger partial charge is 0.501 e. The van der Waals surface area contributed by atoms with Crippen molar-refractivity contribution in [2.24, 2.45) is 5.41 Å². The van der Waals surface area contributed by atoms with Gasteiger partial charge in [0.2, 0.25) is 5.75 Å². The number of nitrogens with one attached hydrogen (secondary N) is 1. The fourth-order valence-corrected chi connectivity index (χ4v) is 5.42. The van der Waals surface area contributed by atoms with Gasteiger partial charge in [0, 0.05) is 39.6 Å². The van der Waals surface area contributed by atoms with Gasteiger partial charge in [-0.2, -0.15) is 0 Å². The van der Waals surface area contributed by atoms with Gasteiger partial charge in [-0.3, -0.25) is 23.7 Å². The summed E-state index contributed by atoms with van der Waals surface area (Å²) in [5.74, 6) is -3.55. The van der Waals surface area contributed by atoms with Gasteiger partial charge in [0.25, 0.3) is 11.5 Å². The molecule has 3 heterocycles. The molecule has 11 nitrogen and oxygen atoms in total. The third-order valence-corrected chi connectivity index (χ3v) is 7.95. The predicted molar refractivity (Wildman–Crippen MR) is 134 cm³/mol. The molecule has 204 valence electrons. The fraction of sp³-hybridized carbons (Fsp3) is 0.500. The summed E-state index contributed by atoms with van der Waals surface area (Å²) < 4.78 is 14.8. The second-order valence-corrected chi connectivity index (χ2v) is 10.5. The highest BCUT2D eigenvalue weighted by atomic mass is 19.1. The number of aromatic hydroxyl groups is 1. The number of carbonyl (C=O) groups excluding carboxylic acids is 3. The minimum Gasteiger partial charge on any atom is -0.501 e. The van der Waals surface area contributed by atoms with E-state index in [-0.39, 0.29) is 31.3 Å². The maximum Gasteiger partial charge on any atom is 0.312 e. The first kappa shape index (κ1) is 27.2. The van der Waals surface area contributed by atoms with Crippen molar-refractivity contribution in [2.45, 2.75) is 51.2 Å².